The predicted molar refractivity (Wildman–Crippen MR) is 74.2 cm³/mol. The maximum atomic E-state index is 11.7. The lowest BCUT2D eigenvalue weighted by molar-refractivity contribution is -0.140. The first-order valence-corrected chi connectivity index (χ1v) is 6.43. The van der Waals surface area contributed by atoms with Crippen LogP contribution in [-0.4, -0.2) is 60.0 Å². The fraction of sp³-hybridized carbons (Fsp3) is 0.667. The van der Waals surface area contributed by atoms with Gasteiger partial charge in [-0.3, -0.25) is 9.59 Å². The fourth-order valence-corrected chi connectivity index (χ4v) is 1.32. The van der Waals surface area contributed by atoms with E-state index in [9.17, 15) is 19.2 Å². The topological polar surface area (TPSA) is 142 Å². The number of carboxylic acid groups (broad SMARTS) is 1. The molecule has 0 rings (SSSR count). The molecule has 0 unspecified atom stereocenters. The minimum absolute atomic E-state index is 0.221. The zero-order valence-electron chi connectivity index (χ0n) is 12.4. The molecule has 0 saturated heterocycles. The molecule has 0 aliphatic rings. The lowest BCUT2D eigenvalue weighted by atomic mass is 10.2. The Balaban J connectivity index is 4.39. The van der Waals surface area contributed by atoms with Gasteiger partial charge in [-0.2, -0.15) is 0 Å². The number of primary amides is 1. The summed E-state index contributed by atoms with van der Waals surface area (Å²) in [6.45, 7) is 4.12. The maximum absolute atomic E-state index is 11.7. The Morgan fingerprint density at radius 2 is 1.81 bits per heavy atom. The fourth-order valence-electron chi connectivity index (χ4n) is 1.32. The molecule has 0 aromatic carbocycles. The molecule has 5 N–H and O–H groups in total. The van der Waals surface area contributed by atoms with Crippen molar-refractivity contribution in [1.29, 1.82) is 0 Å². The van der Waals surface area contributed by atoms with Gasteiger partial charge in [0.1, 0.15) is 12.6 Å². The Kier molecular flexibility index (Phi) is 7.80. The van der Waals surface area contributed by atoms with E-state index >= 15 is 0 Å². The van der Waals surface area contributed by atoms with Gasteiger partial charge in [-0.05, 0) is 5.92 Å². The molecule has 0 spiro atoms. The number of carbonyl (C=O) groups excluding carboxylic acids is 3. The van der Waals surface area contributed by atoms with Crippen LogP contribution in [-0.2, 0) is 14.4 Å². The normalized spacial score (nSPS) is 11.6. The molecule has 1 atom stereocenters. The average molecular weight is 302 g/mol. The van der Waals surface area contributed by atoms with E-state index < -0.39 is 30.4 Å². The molecule has 0 aliphatic carbocycles. The zero-order valence-corrected chi connectivity index (χ0v) is 12.4. The minimum Gasteiger partial charge on any atom is -0.480 e. The smallest absolute Gasteiger partial charge is 0.326 e. The number of nitrogens with two attached hydrogens (primary N) is 1. The van der Waals surface area contributed by atoms with Crippen LogP contribution in [0.4, 0.5) is 4.79 Å². The Bertz CT molecular complexity index is 410. The van der Waals surface area contributed by atoms with Gasteiger partial charge in [-0.25, -0.2) is 9.59 Å². The summed E-state index contributed by atoms with van der Waals surface area (Å²) in [7, 11) is 1.34. The molecular weight excluding hydrogens is 280 g/mol. The number of carbonyl (C=O) groups is 4. The highest BCUT2D eigenvalue weighted by Crippen LogP contribution is 1.95. The van der Waals surface area contributed by atoms with Crippen LogP contribution in [0.3, 0.4) is 0 Å². The third-order valence-corrected chi connectivity index (χ3v) is 2.44. The molecule has 0 aromatic rings. The molecule has 0 fully saturated rings. The molecular formula is C12H22N4O5. The summed E-state index contributed by atoms with van der Waals surface area (Å²) in [5.41, 5.74) is 4.90. The third kappa shape index (κ3) is 8.45. The minimum atomic E-state index is -1.42. The summed E-state index contributed by atoms with van der Waals surface area (Å²) >= 11 is 0. The number of carboxylic acids is 1. The highest BCUT2D eigenvalue weighted by Gasteiger charge is 2.24. The van der Waals surface area contributed by atoms with Gasteiger partial charge in [0, 0.05) is 13.6 Å². The highest BCUT2D eigenvalue weighted by molar-refractivity contribution is 5.89. The molecule has 0 heterocycles. The second kappa shape index (κ2) is 8.77. The number of hydrogen-bond acceptors (Lipinski definition) is 4. The molecule has 9 nitrogen and oxygen atoms in total. The lowest BCUT2D eigenvalue weighted by Gasteiger charge is -2.20. The van der Waals surface area contributed by atoms with Crippen molar-refractivity contribution in [2.45, 2.75) is 26.3 Å². The Hall–Kier alpha value is -2.32. The second-order valence-corrected chi connectivity index (χ2v) is 5.06. The molecule has 0 bridgehead atoms. The summed E-state index contributed by atoms with van der Waals surface area (Å²) in [4.78, 5) is 45.9. The van der Waals surface area contributed by atoms with Crippen molar-refractivity contribution in [3.05, 3.63) is 0 Å². The Labute approximate surface area is 122 Å². The van der Waals surface area contributed by atoms with Gasteiger partial charge in [-0.1, -0.05) is 13.8 Å². The van der Waals surface area contributed by atoms with Crippen LogP contribution in [0.1, 0.15) is 20.3 Å². The molecule has 0 aliphatic heterocycles. The molecule has 4 amide bonds. The monoisotopic (exact) mass is 302 g/mol. The molecule has 0 radical (unpaired) electrons. The second-order valence-electron chi connectivity index (χ2n) is 5.06. The standard InChI is InChI=1S/C12H22N4O5/c1-7(2)5-14-10(18)6-16(3)12(21)15-8(11(19)20)4-9(13)17/h7-8H,4-6H2,1-3H3,(H2,13,17)(H,14,18)(H,15,21)(H,19,20)/t8-/m1/s1. The van der Waals surface area contributed by atoms with Crippen molar-refractivity contribution in [2.24, 2.45) is 11.7 Å². The first kappa shape index (κ1) is 18.7. The molecule has 120 valence electrons. The quantitative estimate of drug-likeness (QED) is 0.442. The van der Waals surface area contributed by atoms with E-state index in [4.69, 9.17) is 10.8 Å². The van der Waals surface area contributed by atoms with Crippen LogP contribution >= 0.6 is 0 Å². The number of amides is 4. The van der Waals surface area contributed by atoms with Crippen LogP contribution in [0, 0.1) is 5.92 Å². The van der Waals surface area contributed by atoms with E-state index in [2.05, 4.69) is 10.6 Å². The first-order valence-electron chi connectivity index (χ1n) is 6.43. The number of aliphatic carboxylic acids is 1. The number of nitrogens with one attached hydrogen (secondary N) is 2. The summed E-state index contributed by atoms with van der Waals surface area (Å²) in [5.74, 6) is -2.30. The van der Waals surface area contributed by atoms with Gasteiger partial charge >= 0.3 is 12.0 Å². The van der Waals surface area contributed by atoms with Crippen LogP contribution < -0.4 is 16.4 Å². The number of likely N-dealkylation sites (N-methyl/N-ethyl adjacent to an activating group) is 1. The van der Waals surface area contributed by atoms with E-state index in [0.29, 0.717) is 6.54 Å². The molecule has 0 aromatic heterocycles. The molecule has 0 saturated carbocycles. The first-order chi connectivity index (χ1) is 9.63. The SMILES string of the molecule is CC(C)CNC(=O)CN(C)C(=O)N[C@H](CC(N)=O)C(=O)O. The Morgan fingerprint density at radius 3 is 2.24 bits per heavy atom. The number of hydrogen-bond donors (Lipinski definition) is 4. The number of rotatable bonds is 8. The van der Waals surface area contributed by atoms with Crippen LogP contribution in [0.2, 0.25) is 0 Å². The van der Waals surface area contributed by atoms with Gasteiger partial charge in [0.05, 0.1) is 6.42 Å². The summed E-state index contributed by atoms with van der Waals surface area (Å²) in [6, 6.07) is -2.19. The largest absolute Gasteiger partial charge is 0.480 e. The summed E-state index contributed by atoms with van der Waals surface area (Å²) in [5, 5.41) is 13.6. The van der Waals surface area contributed by atoms with Crippen molar-refractivity contribution in [3.8, 4) is 0 Å². The maximum Gasteiger partial charge on any atom is 0.326 e. The lowest BCUT2D eigenvalue weighted by Crippen LogP contribution is -2.50. The van der Waals surface area contributed by atoms with Crippen molar-refractivity contribution in [2.75, 3.05) is 20.1 Å². The van der Waals surface area contributed by atoms with Gasteiger partial charge < -0.3 is 26.4 Å². The summed E-state index contributed by atoms with van der Waals surface area (Å²) < 4.78 is 0. The Morgan fingerprint density at radius 1 is 1.24 bits per heavy atom. The van der Waals surface area contributed by atoms with E-state index in [-0.39, 0.29) is 18.4 Å². The van der Waals surface area contributed by atoms with Crippen LogP contribution in [0.5, 0.6) is 0 Å². The summed E-state index contributed by atoms with van der Waals surface area (Å²) in [6.07, 6.45) is -0.519. The third-order valence-electron chi connectivity index (χ3n) is 2.44. The molecule has 9 heteroatoms. The van der Waals surface area contributed by atoms with Gasteiger partial charge in [0.25, 0.3) is 0 Å². The van der Waals surface area contributed by atoms with Crippen molar-refractivity contribution in [1.82, 2.24) is 15.5 Å². The number of nitrogens with zero attached hydrogens (tertiary/aromatic N) is 1. The van der Waals surface area contributed by atoms with Crippen molar-refractivity contribution >= 4 is 23.8 Å². The van der Waals surface area contributed by atoms with Gasteiger partial charge in [-0.15, -0.1) is 0 Å². The van der Waals surface area contributed by atoms with E-state index in [1.165, 1.54) is 7.05 Å². The van der Waals surface area contributed by atoms with E-state index in [1.807, 2.05) is 13.8 Å². The van der Waals surface area contributed by atoms with Crippen LogP contribution in [0.25, 0.3) is 0 Å². The average Bonchev–Trinajstić information content (AvgIpc) is 2.34. The van der Waals surface area contributed by atoms with Gasteiger partial charge in [0.2, 0.25) is 11.8 Å². The van der Waals surface area contributed by atoms with Gasteiger partial charge in [0.15, 0.2) is 0 Å². The van der Waals surface area contributed by atoms with Crippen molar-refractivity contribution < 1.29 is 24.3 Å². The molecule has 21 heavy (non-hydrogen) atoms. The number of urea groups is 1. The highest BCUT2D eigenvalue weighted by atomic mass is 16.4. The predicted octanol–water partition coefficient (Wildman–Crippen LogP) is -1.27. The zero-order chi connectivity index (χ0) is 16.6. The van der Waals surface area contributed by atoms with Crippen molar-refractivity contribution in [3.63, 3.8) is 0 Å². The van der Waals surface area contributed by atoms with Crippen LogP contribution in [0.15, 0.2) is 0 Å². The van der Waals surface area contributed by atoms with E-state index in [1.54, 1.807) is 0 Å². The van der Waals surface area contributed by atoms with E-state index in [0.717, 1.165) is 4.90 Å².